The van der Waals surface area contributed by atoms with Gasteiger partial charge in [0, 0.05) is 22.5 Å². The maximum absolute atomic E-state index is 6.11. The van der Waals surface area contributed by atoms with E-state index in [-0.39, 0.29) is 5.41 Å². The molecule has 18 heavy (non-hydrogen) atoms. The third-order valence-electron chi connectivity index (χ3n) is 4.46. The van der Waals surface area contributed by atoms with Gasteiger partial charge in [-0.1, -0.05) is 18.0 Å². The molecule has 3 heteroatoms. The Morgan fingerprint density at radius 1 is 1.33 bits per heavy atom. The Kier molecular flexibility index (Phi) is 3.25. The van der Waals surface area contributed by atoms with Crippen molar-refractivity contribution in [2.75, 3.05) is 13.2 Å². The molecule has 0 radical (unpaired) electrons. The van der Waals surface area contributed by atoms with Gasteiger partial charge in [-0.05, 0) is 49.8 Å². The van der Waals surface area contributed by atoms with Crippen molar-refractivity contribution >= 4 is 11.6 Å². The Morgan fingerprint density at radius 2 is 2.11 bits per heavy atom. The fourth-order valence-corrected chi connectivity index (χ4v) is 2.82. The molecule has 98 valence electrons. The molecule has 2 N–H and O–H groups in total. The first-order chi connectivity index (χ1) is 8.73. The third-order valence-corrected chi connectivity index (χ3v) is 4.69. The van der Waals surface area contributed by atoms with Gasteiger partial charge in [-0.15, -0.1) is 0 Å². The van der Waals surface area contributed by atoms with Crippen molar-refractivity contribution in [3.05, 3.63) is 28.8 Å². The van der Waals surface area contributed by atoms with Crippen LogP contribution in [0.1, 0.15) is 37.7 Å². The van der Waals surface area contributed by atoms with Crippen LogP contribution >= 0.6 is 11.6 Å². The molecule has 0 amide bonds. The third kappa shape index (κ3) is 2.24. The minimum absolute atomic E-state index is 0.139. The molecule has 0 aromatic heterocycles. The number of rotatable bonds is 5. The normalized spacial score (nSPS) is 21.4. The van der Waals surface area contributed by atoms with Gasteiger partial charge in [0.15, 0.2) is 0 Å². The van der Waals surface area contributed by atoms with Gasteiger partial charge in [0.05, 0.1) is 6.61 Å². The highest BCUT2D eigenvalue weighted by Gasteiger charge is 2.45. The van der Waals surface area contributed by atoms with Gasteiger partial charge in [0.25, 0.3) is 0 Å². The second kappa shape index (κ2) is 4.75. The Morgan fingerprint density at radius 3 is 2.67 bits per heavy atom. The largest absolute Gasteiger partial charge is 0.493 e. The quantitative estimate of drug-likeness (QED) is 0.884. The van der Waals surface area contributed by atoms with E-state index in [2.05, 4.69) is 0 Å². The standard InChI is InChI=1S/C15H20ClNO/c16-12-4-5-14(18-9-11-2-1-3-11)13(8-12)15(10-17)6-7-15/h4-5,8,11H,1-3,6-7,9-10,17H2. The second-order valence-electron chi connectivity index (χ2n) is 5.73. The average Bonchev–Trinajstić information content (AvgIpc) is 3.10. The SMILES string of the molecule is NCC1(c2cc(Cl)ccc2OCC2CCC2)CC1. The van der Waals surface area contributed by atoms with Crippen LogP contribution in [0.15, 0.2) is 18.2 Å². The zero-order valence-corrected chi connectivity index (χ0v) is 11.4. The molecular formula is C15H20ClNO. The number of hydrogen-bond acceptors (Lipinski definition) is 2. The summed E-state index contributed by atoms with van der Waals surface area (Å²) in [6.07, 6.45) is 6.29. The van der Waals surface area contributed by atoms with Crippen molar-refractivity contribution in [3.8, 4) is 5.75 Å². The molecule has 2 aliphatic carbocycles. The first-order valence-electron chi connectivity index (χ1n) is 6.86. The van der Waals surface area contributed by atoms with E-state index < -0.39 is 0 Å². The summed E-state index contributed by atoms with van der Waals surface area (Å²) in [6, 6.07) is 5.96. The van der Waals surface area contributed by atoms with Crippen LogP contribution in [-0.2, 0) is 5.41 Å². The van der Waals surface area contributed by atoms with Gasteiger partial charge in [-0.3, -0.25) is 0 Å². The Balaban J connectivity index is 1.79. The molecule has 2 saturated carbocycles. The summed E-state index contributed by atoms with van der Waals surface area (Å²) in [6.45, 7) is 1.53. The minimum atomic E-state index is 0.139. The maximum atomic E-state index is 6.11. The smallest absolute Gasteiger partial charge is 0.123 e. The summed E-state index contributed by atoms with van der Waals surface area (Å²) in [7, 11) is 0. The predicted molar refractivity (Wildman–Crippen MR) is 74.3 cm³/mol. The molecule has 0 saturated heterocycles. The maximum Gasteiger partial charge on any atom is 0.123 e. The van der Waals surface area contributed by atoms with E-state index in [1.54, 1.807) is 0 Å². The number of nitrogens with two attached hydrogens (primary N) is 1. The topological polar surface area (TPSA) is 35.2 Å². The summed E-state index contributed by atoms with van der Waals surface area (Å²) in [5.74, 6) is 1.75. The molecule has 0 spiro atoms. The van der Waals surface area contributed by atoms with Crippen LogP contribution in [0.5, 0.6) is 5.75 Å². The van der Waals surface area contributed by atoms with Gasteiger partial charge in [0.1, 0.15) is 5.75 Å². The molecule has 0 atom stereocenters. The van der Waals surface area contributed by atoms with Gasteiger partial charge >= 0.3 is 0 Å². The summed E-state index contributed by atoms with van der Waals surface area (Å²) in [5, 5.41) is 0.778. The van der Waals surface area contributed by atoms with E-state index in [0.717, 1.165) is 36.1 Å². The monoisotopic (exact) mass is 265 g/mol. The number of hydrogen-bond donors (Lipinski definition) is 1. The highest BCUT2D eigenvalue weighted by atomic mass is 35.5. The van der Waals surface area contributed by atoms with Crippen molar-refractivity contribution < 1.29 is 4.74 Å². The fraction of sp³-hybridized carbons (Fsp3) is 0.600. The van der Waals surface area contributed by atoms with Gasteiger partial charge in [-0.25, -0.2) is 0 Å². The van der Waals surface area contributed by atoms with Crippen LogP contribution in [0.25, 0.3) is 0 Å². The van der Waals surface area contributed by atoms with Crippen LogP contribution in [-0.4, -0.2) is 13.2 Å². The Bertz CT molecular complexity index is 438. The molecule has 0 bridgehead atoms. The van der Waals surface area contributed by atoms with Crippen molar-refractivity contribution in [1.82, 2.24) is 0 Å². The molecule has 1 aromatic rings. The van der Waals surface area contributed by atoms with Crippen molar-refractivity contribution in [3.63, 3.8) is 0 Å². The highest BCUT2D eigenvalue weighted by molar-refractivity contribution is 6.30. The Hall–Kier alpha value is -0.730. The lowest BCUT2D eigenvalue weighted by Gasteiger charge is -2.26. The Labute approximate surface area is 113 Å². The van der Waals surface area contributed by atoms with Crippen LogP contribution in [0.4, 0.5) is 0 Å². The highest BCUT2D eigenvalue weighted by Crippen LogP contribution is 2.51. The number of halogens is 1. The van der Waals surface area contributed by atoms with Crippen LogP contribution in [0.3, 0.4) is 0 Å². The average molecular weight is 266 g/mol. The summed E-state index contributed by atoms with van der Waals surface area (Å²) < 4.78 is 6.01. The zero-order chi connectivity index (χ0) is 12.6. The first kappa shape index (κ1) is 12.3. The number of benzene rings is 1. The second-order valence-corrected chi connectivity index (χ2v) is 6.17. The van der Waals surface area contributed by atoms with Crippen LogP contribution in [0, 0.1) is 5.92 Å². The predicted octanol–water partition coefficient (Wildman–Crippen LogP) is 3.51. The lowest BCUT2D eigenvalue weighted by Crippen LogP contribution is -2.23. The van der Waals surface area contributed by atoms with Gasteiger partial charge in [-0.2, -0.15) is 0 Å². The van der Waals surface area contributed by atoms with Crippen molar-refractivity contribution in [1.29, 1.82) is 0 Å². The zero-order valence-electron chi connectivity index (χ0n) is 10.6. The summed E-state index contributed by atoms with van der Waals surface area (Å²) in [5.41, 5.74) is 7.27. The molecule has 1 aromatic carbocycles. The van der Waals surface area contributed by atoms with E-state index >= 15 is 0 Å². The molecule has 2 nitrogen and oxygen atoms in total. The van der Waals surface area contributed by atoms with Crippen LogP contribution < -0.4 is 10.5 Å². The van der Waals surface area contributed by atoms with E-state index in [9.17, 15) is 0 Å². The van der Waals surface area contributed by atoms with Crippen LogP contribution in [0.2, 0.25) is 5.02 Å². The molecule has 3 rings (SSSR count). The fourth-order valence-electron chi connectivity index (χ4n) is 2.64. The lowest BCUT2D eigenvalue weighted by atomic mass is 9.86. The molecular weight excluding hydrogens is 246 g/mol. The minimum Gasteiger partial charge on any atom is -0.493 e. The van der Waals surface area contributed by atoms with Gasteiger partial charge < -0.3 is 10.5 Å². The lowest BCUT2D eigenvalue weighted by molar-refractivity contribution is 0.178. The van der Waals surface area contributed by atoms with E-state index in [1.165, 1.54) is 24.8 Å². The molecule has 2 aliphatic rings. The number of ether oxygens (including phenoxy) is 1. The van der Waals surface area contributed by atoms with Crippen molar-refractivity contribution in [2.24, 2.45) is 11.7 Å². The first-order valence-corrected chi connectivity index (χ1v) is 7.24. The van der Waals surface area contributed by atoms with Gasteiger partial charge in [0.2, 0.25) is 0 Å². The molecule has 0 unspecified atom stereocenters. The molecule has 0 aliphatic heterocycles. The van der Waals surface area contributed by atoms with Crippen molar-refractivity contribution in [2.45, 2.75) is 37.5 Å². The summed E-state index contributed by atoms with van der Waals surface area (Å²) in [4.78, 5) is 0. The van der Waals surface area contributed by atoms with E-state index in [1.807, 2.05) is 18.2 Å². The summed E-state index contributed by atoms with van der Waals surface area (Å²) >= 11 is 6.11. The molecule has 0 heterocycles. The molecule has 2 fully saturated rings. The van der Waals surface area contributed by atoms with E-state index in [0.29, 0.717) is 6.54 Å². The van der Waals surface area contributed by atoms with E-state index in [4.69, 9.17) is 22.1 Å².